The van der Waals surface area contributed by atoms with Gasteiger partial charge in [0.05, 0.1) is 17.9 Å². The zero-order chi connectivity index (χ0) is 23.1. The minimum atomic E-state index is -0.715. The number of nitrogens with zero attached hydrogens (tertiary/aromatic N) is 5. The number of H-pyrrole nitrogens is 1. The van der Waals surface area contributed by atoms with Crippen LogP contribution in [0.4, 0.5) is 11.6 Å². The van der Waals surface area contributed by atoms with Crippen LogP contribution in [0.25, 0.3) is 16.7 Å². The number of benzene rings is 1. The van der Waals surface area contributed by atoms with E-state index in [1.165, 1.54) is 0 Å². The molecule has 4 N–H and O–H groups in total. The van der Waals surface area contributed by atoms with E-state index in [-0.39, 0.29) is 5.78 Å². The number of likely N-dealkylation sites (tertiary alicyclic amines) is 1. The maximum absolute atomic E-state index is 11.9. The van der Waals surface area contributed by atoms with Crippen molar-refractivity contribution < 1.29 is 15.0 Å². The number of aliphatic hydroxyl groups is 2. The quantitative estimate of drug-likeness (QED) is 0.330. The number of nitrogens with one attached hydrogen (secondary N) is 2. The molecule has 0 bridgehead atoms. The molecule has 0 spiro atoms. The first-order valence-corrected chi connectivity index (χ1v) is 10.7. The molecular weight excluding hydrogens is 422 g/mol. The van der Waals surface area contributed by atoms with Gasteiger partial charge in [0.15, 0.2) is 11.6 Å². The molecule has 0 unspecified atom stereocenters. The molecule has 1 aliphatic heterocycles. The fourth-order valence-corrected chi connectivity index (χ4v) is 4.14. The Morgan fingerprint density at radius 2 is 2.03 bits per heavy atom. The number of aromatic amines is 1. The highest BCUT2D eigenvalue weighted by molar-refractivity contribution is 6.07. The van der Waals surface area contributed by atoms with E-state index in [1.54, 1.807) is 30.1 Å². The van der Waals surface area contributed by atoms with Gasteiger partial charge in [-0.15, -0.1) is 0 Å². The molecule has 1 fully saturated rings. The monoisotopic (exact) mass is 447 g/mol. The molecule has 1 saturated heterocycles. The summed E-state index contributed by atoms with van der Waals surface area (Å²) in [7, 11) is 0. The number of hydrogen-bond donors (Lipinski definition) is 4. The highest BCUT2D eigenvalue weighted by atomic mass is 16.3. The topological polar surface area (TPSA) is 132 Å². The van der Waals surface area contributed by atoms with Gasteiger partial charge in [0.25, 0.3) is 0 Å². The second-order valence-electron chi connectivity index (χ2n) is 8.40. The maximum Gasteiger partial charge on any atom is 0.229 e. The first-order chi connectivity index (χ1) is 15.9. The zero-order valence-corrected chi connectivity index (χ0v) is 18.4. The van der Waals surface area contributed by atoms with Crippen LogP contribution in [-0.2, 0) is 6.54 Å². The van der Waals surface area contributed by atoms with E-state index in [0.717, 1.165) is 27.8 Å². The maximum atomic E-state index is 11.9. The van der Waals surface area contributed by atoms with Crippen molar-refractivity contribution in [3.63, 3.8) is 0 Å². The van der Waals surface area contributed by atoms with Gasteiger partial charge < -0.3 is 20.5 Å². The standard InChI is InChI=1S/C23H25N7O3/c1-13-15(9-29-11-20(32)21(33)12-29)10-30(28-13)22-5-6-24-23(27-22)26-16-3-4-19-17(7-16)18(8-25-19)14(2)31/h3-8,10,20-21,25,32-33H,9,11-12H2,1-2H3,(H,24,26,27)/t20-,21-/m1/s1. The smallest absolute Gasteiger partial charge is 0.229 e. The summed E-state index contributed by atoms with van der Waals surface area (Å²) in [5, 5.41) is 28.2. The average Bonchev–Trinajstić information content (AvgIpc) is 3.46. The zero-order valence-electron chi connectivity index (χ0n) is 18.4. The van der Waals surface area contributed by atoms with Crippen molar-refractivity contribution in [3.05, 3.63) is 59.7 Å². The summed E-state index contributed by atoms with van der Waals surface area (Å²) >= 11 is 0. The van der Waals surface area contributed by atoms with Crippen LogP contribution in [-0.4, -0.2) is 70.9 Å². The largest absolute Gasteiger partial charge is 0.389 e. The fraction of sp³-hybridized carbons (Fsp3) is 0.304. The lowest BCUT2D eigenvalue weighted by molar-refractivity contribution is 0.0572. The Hall–Kier alpha value is -3.60. The molecule has 4 aromatic rings. The Bertz CT molecular complexity index is 1320. The summed E-state index contributed by atoms with van der Waals surface area (Å²) in [5.41, 5.74) is 4.15. The van der Waals surface area contributed by atoms with Gasteiger partial charge >= 0.3 is 0 Å². The molecule has 10 nitrogen and oxygen atoms in total. The SMILES string of the molecule is CC(=O)c1c[nH]c2ccc(Nc3nccc(-n4cc(CN5C[C@@H](O)[C@H](O)C5)c(C)n4)n3)cc12. The third-order valence-corrected chi connectivity index (χ3v) is 5.92. The molecule has 170 valence electrons. The number of carbonyl (C=O) groups is 1. The van der Waals surface area contributed by atoms with Gasteiger partial charge in [-0.3, -0.25) is 9.69 Å². The lowest BCUT2D eigenvalue weighted by Crippen LogP contribution is -2.22. The van der Waals surface area contributed by atoms with E-state index < -0.39 is 12.2 Å². The van der Waals surface area contributed by atoms with Gasteiger partial charge in [-0.1, -0.05) is 0 Å². The summed E-state index contributed by atoms with van der Waals surface area (Å²) in [6.45, 7) is 4.93. The molecule has 2 atom stereocenters. The summed E-state index contributed by atoms with van der Waals surface area (Å²) < 4.78 is 1.70. The predicted octanol–water partition coefficient (Wildman–Crippen LogP) is 1.94. The van der Waals surface area contributed by atoms with Crippen molar-refractivity contribution in [1.82, 2.24) is 29.6 Å². The molecule has 1 aromatic carbocycles. The number of rotatable bonds is 6. The predicted molar refractivity (Wildman–Crippen MR) is 123 cm³/mol. The van der Waals surface area contributed by atoms with E-state index in [9.17, 15) is 15.0 Å². The van der Waals surface area contributed by atoms with Crippen LogP contribution in [0.1, 0.15) is 28.5 Å². The number of aliphatic hydroxyl groups excluding tert-OH is 2. The number of aromatic nitrogens is 5. The number of fused-ring (bicyclic) bond motifs is 1. The summed E-state index contributed by atoms with van der Waals surface area (Å²) in [4.78, 5) is 25.9. The Morgan fingerprint density at radius 1 is 1.24 bits per heavy atom. The van der Waals surface area contributed by atoms with Crippen LogP contribution in [0.3, 0.4) is 0 Å². The highest BCUT2D eigenvalue weighted by Crippen LogP contribution is 2.24. The van der Waals surface area contributed by atoms with Gasteiger partial charge in [0.1, 0.15) is 0 Å². The summed E-state index contributed by atoms with van der Waals surface area (Å²) in [6.07, 6.45) is 3.85. The minimum absolute atomic E-state index is 0.000507. The highest BCUT2D eigenvalue weighted by Gasteiger charge is 2.29. The molecule has 0 aliphatic carbocycles. The third-order valence-electron chi connectivity index (χ3n) is 5.92. The van der Waals surface area contributed by atoms with Gasteiger partial charge in [-0.25, -0.2) is 9.67 Å². The van der Waals surface area contributed by atoms with Gasteiger partial charge in [-0.2, -0.15) is 10.1 Å². The molecule has 3 aromatic heterocycles. The second-order valence-corrected chi connectivity index (χ2v) is 8.40. The molecule has 4 heterocycles. The number of anilines is 2. The van der Waals surface area contributed by atoms with Crippen LogP contribution >= 0.6 is 0 Å². The fourth-order valence-electron chi connectivity index (χ4n) is 4.14. The van der Waals surface area contributed by atoms with Crippen LogP contribution in [0.2, 0.25) is 0 Å². The van der Waals surface area contributed by atoms with Crippen molar-refractivity contribution in [2.45, 2.75) is 32.6 Å². The first-order valence-electron chi connectivity index (χ1n) is 10.7. The van der Waals surface area contributed by atoms with Crippen molar-refractivity contribution >= 4 is 28.3 Å². The Labute approximate surface area is 189 Å². The molecule has 1 aliphatic rings. The average molecular weight is 447 g/mol. The second kappa shape index (κ2) is 8.39. The third kappa shape index (κ3) is 4.23. The number of hydrogen-bond acceptors (Lipinski definition) is 8. The Kier molecular flexibility index (Phi) is 5.41. The molecule has 0 saturated carbocycles. The Balaban J connectivity index is 1.36. The van der Waals surface area contributed by atoms with Gasteiger partial charge in [0.2, 0.25) is 5.95 Å². The summed E-state index contributed by atoms with van der Waals surface area (Å²) in [5.74, 6) is 1.02. The molecule has 0 amide bonds. The van der Waals surface area contributed by atoms with Crippen molar-refractivity contribution in [2.24, 2.45) is 0 Å². The van der Waals surface area contributed by atoms with E-state index in [1.807, 2.05) is 36.2 Å². The summed E-state index contributed by atoms with van der Waals surface area (Å²) in [6, 6.07) is 7.47. The number of β-amino-alcohol motifs (C(OH)–C–C–N with tert-alkyl or cyclic N) is 2. The van der Waals surface area contributed by atoms with Gasteiger partial charge in [-0.05, 0) is 32.0 Å². The first kappa shape index (κ1) is 21.3. The van der Waals surface area contributed by atoms with Crippen LogP contribution in [0, 0.1) is 6.92 Å². The lowest BCUT2D eigenvalue weighted by Gasteiger charge is -2.13. The molecule has 33 heavy (non-hydrogen) atoms. The Morgan fingerprint density at radius 3 is 2.79 bits per heavy atom. The molecular formula is C23H25N7O3. The van der Waals surface area contributed by atoms with E-state index in [0.29, 0.717) is 37.0 Å². The molecule has 0 radical (unpaired) electrons. The normalized spacial score (nSPS) is 18.8. The van der Waals surface area contributed by atoms with E-state index in [2.05, 4.69) is 25.4 Å². The number of carbonyl (C=O) groups excluding carboxylic acids is 1. The molecule has 5 rings (SSSR count). The van der Waals surface area contributed by atoms with E-state index in [4.69, 9.17) is 0 Å². The van der Waals surface area contributed by atoms with Crippen molar-refractivity contribution in [1.29, 1.82) is 0 Å². The van der Waals surface area contributed by atoms with Crippen LogP contribution < -0.4 is 5.32 Å². The van der Waals surface area contributed by atoms with Crippen molar-refractivity contribution in [2.75, 3.05) is 18.4 Å². The minimum Gasteiger partial charge on any atom is -0.389 e. The van der Waals surface area contributed by atoms with Crippen LogP contribution in [0.5, 0.6) is 0 Å². The van der Waals surface area contributed by atoms with E-state index >= 15 is 0 Å². The number of Topliss-reactive ketones (excluding diaryl/α,β-unsaturated/α-hetero) is 1. The number of ketones is 1. The molecule has 10 heteroatoms. The van der Waals surface area contributed by atoms with Crippen molar-refractivity contribution in [3.8, 4) is 5.82 Å². The van der Waals surface area contributed by atoms with Gasteiger partial charge in [0, 0.05) is 72.0 Å². The number of aryl methyl sites for hydroxylation is 1. The van der Waals surface area contributed by atoms with Crippen LogP contribution in [0.15, 0.2) is 42.9 Å². The lowest BCUT2D eigenvalue weighted by atomic mass is 10.1.